The summed E-state index contributed by atoms with van der Waals surface area (Å²) in [5.74, 6) is -0.829. The van der Waals surface area contributed by atoms with Crippen LogP contribution in [-0.2, 0) is 10.9 Å². The van der Waals surface area contributed by atoms with Crippen LogP contribution in [0, 0.1) is 0 Å². The maximum absolute atomic E-state index is 13.7. The summed E-state index contributed by atoms with van der Waals surface area (Å²) in [5, 5.41) is 6.06. The summed E-state index contributed by atoms with van der Waals surface area (Å²) in [6, 6.07) is 3.78. The third-order valence-electron chi connectivity index (χ3n) is 6.61. The number of carbonyl (C=O) groups is 3. The fourth-order valence-corrected chi connectivity index (χ4v) is 5.92. The molecule has 5 rings (SSSR count). The first-order chi connectivity index (χ1) is 19.3. The molecule has 2 aliphatic rings. The number of hydrogen-bond donors (Lipinski definition) is 2. The van der Waals surface area contributed by atoms with Crippen LogP contribution in [0.15, 0.2) is 30.5 Å². The number of carbonyl (C=O) groups excluding carboxylic acids is 3. The Morgan fingerprint density at radius 3 is 2.63 bits per heavy atom. The summed E-state index contributed by atoms with van der Waals surface area (Å²) in [6.45, 7) is 6.12. The average molecular weight is 592 g/mol. The summed E-state index contributed by atoms with van der Waals surface area (Å²) in [7, 11) is 1.14. The molecular weight excluding hydrogens is 563 g/mol. The predicted octanol–water partition coefficient (Wildman–Crippen LogP) is 6.14. The number of nitrogens with zero attached hydrogens (tertiary/aromatic N) is 3. The lowest BCUT2D eigenvalue weighted by atomic mass is 10.1. The third-order valence-corrected chi connectivity index (χ3v) is 7.70. The first kappa shape index (κ1) is 28.5. The zero-order chi connectivity index (χ0) is 29.7. The average Bonchev–Trinajstić information content (AvgIpc) is 3.27. The van der Waals surface area contributed by atoms with Gasteiger partial charge in [0.2, 0.25) is 0 Å². The fraction of sp³-hybridized carbons (Fsp3) is 0.407. The maximum atomic E-state index is 13.7. The van der Waals surface area contributed by atoms with Crippen molar-refractivity contribution in [3.8, 4) is 5.75 Å². The number of rotatable bonds is 4. The first-order valence-corrected chi connectivity index (χ1v) is 13.6. The van der Waals surface area contributed by atoms with E-state index in [2.05, 4.69) is 15.6 Å². The molecule has 10 nitrogen and oxygen atoms in total. The van der Waals surface area contributed by atoms with Crippen molar-refractivity contribution in [3.05, 3.63) is 40.9 Å². The molecule has 0 radical (unpaired) electrons. The Morgan fingerprint density at radius 1 is 1.20 bits per heavy atom. The van der Waals surface area contributed by atoms with Gasteiger partial charge in [-0.1, -0.05) is 0 Å². The number of urea groups is 1. The van der Waals surface area contributed by atoms with Crippen molar-refractivity contribution >= 4 is 56.6 Å². The van der Waals surface area contributed by atoms with E-state index in [1.807, 2.05) is 0 Å². The van der Waals surface area contributed by atoms with Gasteiger partial charge in [-0.15, -0.1) is 11.3 Å². The Morgan fingerprint density at radius 2 is 1.95 bits per heavy atom. The second kappa shape index (κ2) is 10.4. The van der Waals surface area contributed by atoms with Crippen LogP contribution in [0.1, 0.15) is 48.8 Å². The van der Waals surface area contributed by atoms with Crippen LogP contribution >= 0.6 is 11.3 Å². The van der Waals surface area contributed by atoms with E-state index in [4.69, 9.17) is 9.47 Å². The van der Waals surface area contributed by atoms with Crippen molar-refractivity contribution < 1.29 is 37.0 Å². The second-order valence-corrected chi connectivity index (χ2v) is 11.7. The van der Waals surface area contributed by atoms with E-state index in [0.29, 0.717) is 29.6 Å². The number of likely N-dealkylation sites (tertiary alicyclic amines) is 1. The van der Waals surface area contributed by atoms with E-state index in [9.17, 15) is 27.6 Å². The lowest BCUT2D eigenvalue weighted by Gasteiger charge is -2.34. The lowest BCUT2D eigenvalue weighted by molar-refractivity contribution is -0.138. The van der Waals surface area contributed by atoms with Crippen molar-refractivity contribution in [2.24, 2.45) is 0 Å². The highest BCUT2D eigenvalue weighted by Crippen LogP contribution is 2.47. The van der Waals surface area contributed by atoms with Gasteiger partial charge in [-0.25, -0.2) is 14.6 Å². The predicted molar refractivity (Wildman–Crippen MR) is 147 cm³/mol. The molecular formula is C27H28F3N5O5S. The molecule has 1 unspecified atom stereocenters. The molecule has 1 saturated heterocycles. The number of halogens is 3. The van der Waals surface area contributed by atoms with E-state index >= 15 is 0 Å². The SMILES string of the molecule is COc1ccc(N2C(=O)Nc3c(C(=O)NC4CCCN(C(=O)OC(C)(C)C)C4)sc4nccc2c34)cc1C(F)(F)F. The van der Waals surface area contributed by atoms with Crippen LogP contribution in [0.2, 0.25) is 0 Å². The van der Waals surface area contributed by atoms with Crippen LogP contribution in [0.25, 0.3) is 10.2 Å². The van der Waals surface area contributed by atoms with E-state index in [1.54, 1.807) is 25.7 Å². The number of thiophene rings is 1. The highest BCUT2D eigenvalue weighted by atomic mass is 32.1. The maximum Gasteiger partial charge on any atom is 0.420 e. The summed E-state index contributed by atoms with van der Waals surface area (Å²) in [6.07, 6.45) is -2.42. The number of benzene rings is 1. The Labute approximate surface area is 237 Å². The molecule has 4 amide bonds. The van der Waals surface area contributed by atoms with Gasteiger partial charge in [0, 0.05) is 25.3 Å². The fourth-order valence-electron chi connectivity index (χ4n) is 4.90. The van der Waals surface area contributed by atoms with Gasteiger partial charge in [0.05, 0.1) is 35.1 Å². The summed E-state index contributed by atoms with van der Waals surface area (Å²) in [5.41, 5.74) is -1.19. The van der Waals surface area contributed by atoms with Crippen molar-refractivity contribution in [1.29, 1.82) is 0 Å². The van der Waals surface area contributed by atoms with Gasteiger partial charge in [-0.2, -0.15) is 13.2 Å². The van der Waals surface area contributed by atoms with E-state index in [1.165, 1.54) is 18.3 Å². The molecule has 1 fully saturated rings. The summed E-state index contributed by atoms with van der Waals surface area (Å²) in [4.78, 5) is 46.9. The molecule has 0 bridgehead atoms. The molecule has 1 aromatic carbocycles. The number of alkyl halides is 3. The minimum absolute atomic E-state index is 0.0320. The number of piperidine rings is 1. The molecule has 0 aliphatic carbocycles. The molecule has 0 saturated carbocycles. The lowest BCUT2D eigenvalue weighted by Crippen LogP contribution is -2.50. The number of hydrogen-bond acceptors (Lipinski definition) is 7. The molecule has 1 atom stereocenters. The quantitative estimate of drug-likeness (QED) is 0.377. The number of methoxy groups -OCH3 is 1. The molecule has 2 aromatic heterocycles. The molecule has 4 heterocycles. The van der Waals surface area contributed by atoms with Gasteiger partial charge in [0.25, 0.3) is 5.91 Å². The Balaban J connectivity index is 1.44. The Kier molecular flexibility index (Phi) is 7.22. The van der Waals surface area contributed by atoms with Gasteiger partial charge >= 0.3 is 18.3 Å². The molecule has 41 heavy (non-hydrogen) atoms. The summed E-state index contributed by atoms with van der Waals surface area (Å²) >= 11 is 1.06. The van der Waals surface area contributed by atoms with E-state index in [-0.39, 0.29) is 40.3 Å². The number of ether oxygens (including phenoxy) is 2. The van der Waals surface area contributed by atoms with Gasteiger partial charge in [0.15, 0.2) is 0 Å². The van der Waals surface area contributed by atoms with Crippen LogP contribution < -0.4 is 20.3 Å². The van der Waals surface area contributed by atoms with E-state index in [0.717, 1.165) is 35.5 Å². The van der Waals surface area contributed by atoms with Gasteiger partial charge < -0.3 is 25.0 Å². The molecule has 14 heteroatoms. The Hall–Kier alpha value is -4.07. The number of pyridine rings is 1. The topological polar surface area (TPSA) is 113 Å². The van der Waals surface area contributed by atoms with Crippen LogP contribution in [0.4, 0.5) is 39.8 Å². The summed E-state index contributed by atoms with van der Waals surface area (Å²) < 4.78 is 51.4. The van der Waals surface area contributed by atoms with Gasteiger partial charge in [0.1, 0.15) is 21.1 Å². The zero-order valence-corrected chi connectivity index (χ0v) is 23.5. The van der Waals surface area contributed by atoms with Gasteiger partial charge in [-0.05, 0) is 57.9 Å². The minimum atomic E-state index is -4.71. The molecule has 3 aromatic rings. The van der Waals surface area contributed by atoms with Crippen LogP contribution in [-0.4, -0.2) is 59.8 Å². The third kappa shape index (κ3) is 5.60. The van der Waals surface area contributed by atoms with E-state index < -0.39 is 35.4 Å². The monoisotopic (exact) mass is 591 g/mol. The van der Waals surface area contributed by atoms with Crippen molar-refractivity contribution in [2.45, 2.75) is 51.4 Å². The standard InChI is InChI=1S/C27H28F3N5O5S/c1-26(2,3)40-25(38)34-11-5-6-14(13-34)32-22(36)21-20-19-17(9-10-31-23(19)41-21)35(24(37)33-20)15-7-8-18(39-4)16(12-15)27(28,29)30/h7-10,12,14H,5-6,11,13H2,1-4H3,(H,32,36)(H,33,37). The normalized spacial score (nSPS) is 17.3. The van der Waals surface area contributed by atoms with Gasteiger partial charge in [-0.3, -0.25) is 9.69 Å². The van der Waals surface area contributed by atoms with Crippen molar-refractivity contribution in [2.75, 3.05) is 30.4 Å². The number of aromatic nitrogens is 1. The van der Waals surface area contributed by atoms with Crippen LogP contribution in [0.5, 0.6) is 5.75 Å². The van der Waals surface area contributed by atoms with Crippen LogP contribution in [0.3, 0.4) is 0 Å². The molecule has 0 spiro atoms. The Bertz CT molecular complexity index is 1530. The first-order valence-electron chi connectivity index (χ1n) is 12.8. The number of nitrogens with one attached hydrogen (secondary N) is 2. The number of anilines is 3. The van der Waals surface area contributed by atoms with Crippen molar-refractivity contribution in [3.63, 3.8) is 0 Å². The highest BCUT2D eigenvalue weighted by Gasteiger charge is 2.38. The van der Waals surface area contributed by atoms with Crippen molar-refractivity contribution in [1.82, 2.24) is 15.2 Å². The zero-order valence-electron chi connectivity index (χ0n) is 22.7. The molecule has 2 N–H and O–H groups in total. The molecule has 2 aliphatic heterocycles. The smallest absolute Gasteiger partial charge is 0.420 e. The second-order valence-electron chi connectivity index (χ2n) is 10.7. The largest absolute Gasteiger partial charge is 0.496 e. The number of amides is 4. The highest BCUT2D eigenvalue weighted by molar-refractivity contribution is 7.21. The minimum Gasteiger partial charge on any atom is -0.496 e. The molecule has 218 valence electrons.